The maximum Gasteiger partial charge on any atom is 0.0972 e. The second-order valence-corrected chi connectivity index (χ2v) is 4.96. The first-order valence-corrected chi connectivity index (χ1v) is 6.03. The summed E-state index contributed by atoms with van der Waals surface area (Å²) in [5.74, 6) is 0. The summed E-state index contributed by atoms with van der Waals surface area (Å²) in [6, 6.07) is 2.51. The Bertz CT molecular complexity index is 339. The average molecular weight is 318 g/mol. The van der Waals surface area contributed by atoms with Crippen LogP contribution in [0.5, 0.6) is 0 Å². The summed E-state index contributed by atoms with van der Waals surface area (Å²) in [4.78, 5) is 0. The van der Waals surface area contributed by atoms with Gasteiger partial charge in [-0.3, -0.25) is 10.00 Å². The van der Waals surface area contributed by atoms with Gasteiger partial charge in [0.25, 0.3) is 0 Å². The lowest BCUT2D eigenvalue weighted by Crippen LogP contribution is -2.34. The fraction of sp³-hybridized carbons (Fsp3) is 0.600. The maximum absolute atomic E-state index is 8.91. The van der Waals surface area contributed by atoms with Crippen LogP contribution in [0.3, 0.4) is 0 Å². The molecule has 82 valence electrons. The van der Waals surface area contributed by atoms with E-state index in [2.05, 4.69) is 39.1 Å². The molecule has 1 atom stereocenters. The third kappa shape index (κ3) is 4.62. The highest BCUT2D eigenvalue weighted by Crippen LogP contribution is 2.03. The van der Waals surface area contributed by atoms with Gasteiger partial charge in [-0.1, -0.05) is 0 Å². The summed E-state index contributed by atoms with van der Waals surface area (Å²) in [5.41, 5.74) is 0. The third-order valence-corrected chi connectivity index (χ3v) is 2.50. The molecule has 1 aromatic rings. The van der Waals surface area contributed by atoms with Gasteiger partial charge in [0.05, 0.1) is 21.9 Å². The summed E-state index contributed by atoms with van der Waals surface area (Å²) in [7, 11) is 0. The Balaban J connectivity index is 2.38. The van der Waals surface area contributed by atoms with Crippen LogP contribution in [0.2, 0.25) is 0 Å². The minimum atomic E-state index is -0.0909. The van der Waals surface area contributed by atoms with Crippen molar-refractivity contribution in [2.45, 2.75) is 38.9 Å². The van der Waals surface area contributed by atoms with Crippen LogP contribution in [0.15, 0.2) is 12.4 Å². The van der Waals surface area contributed by atoms with E-state index in [1.807, 2.05) is 30.9 Å². The van der Waals surface area contributed by atoms with Gasteiger partial charge in [-0.25, -0.2) is 0 Å². The molecular weight excluding hydrogens is 303 g/mol. The molecule has 0 aliphatic rings. The summed E-state index contributed by atoms with van der Waals surface area (Å²) < 4.78 is 2.99. The van der Waals surface area contributed by atoms with Crippen molar-refractivity contribution in [3.63, 3.8) is 0 Å². The molecule has 15 heavy (non-hydrogen) atoms. The highest BCUT2D eigenvalue weighted by atomic mass is 127. The Labute approximate surface area is 104 Å². The first-order chi connectivity index (χ1) is 7.11. The molecule has 0 fully saturated rings. The molecule has 0 amide bonds. The standard InChI is InChI=1S/C10H15IN4/c1-8(2)14-10(5-12)3-4-15-7-9(11)6-13-15/h6-8,10,14H,3-4H2,1-2H3. The van der Waals surface area contributed by atoms with Crippen LogP contribution in [0, 0.1) is 14.9 Å². The molecule has 0 bridgehead atoms. The van der Waals surface area contributed by atoms with Gasteiger partial charge in [0.2, 0.25) is 0 Å². The van der Waals surface area contributed by atoms with Crippen molar-refractivity contribution in [1.29, 1.82) is 5.26 Å². The fourth-order valence-electron chi connectivity index (χ4n) is 1.31. The number of aryl methyl sites for hydroxylation is 1. The highest BCUT2D eigenvalue weighted by Gasteiger charge is 2.08. The van der Waals surface area contributed by atoms with E-state index in [0.29, 0.717) is 6.04 Å². The van der Waals surface area contributed by atoms with E-state index in [1.54, 1.807) is 0 Å². The van der Waals surface area contributed by atoms with Crippen molar-refractivity contribution in [3.8, 4) is 6.07 Å². The average Bonchev–Trinajstić information content (AvgIpc) is 2.58. The van der Waals surface area contributed by atoms with Crippen molar-refractivity contribution in [2.24, 2.45) is 0 Å². The molecule has 1 rings (SSSR count). The number of hydrogen-bond acceptors (Lipinski definition) is 3. The Morgan fingerprint density at radius 2 is 2.40 bits per heavy atom. The molecule has 1 heterocycles. The lowest BCUT2D eigenvalue weighted by Gasteiger charge is -2.14. The van der Waals surface area contributed by atoms with E-state index in [9.17, 15) is 0 Å². The molecule has 0 aromatic carbocycles. The lowest BCUT2D eigenvalue weighted by atomic mass is 10.2. The van der Waals surface area contributed by atoms with Crippen LogP contribution >= 0.6 is 22.6 Å². The maximum atomic E-state index is 8.91. The first kappa shape index (κ1) is 12.5. The molecule has 1 unspecified atom stereocenters. The molecule has 1 aromatic heterocycles. The van der Waals surface area contributed by atoms with Crippen molar-refractivity contribution >= 4 is 22.6 Å². The van der Waals surface area contributed by atoms with Crippen LogP contribution in [0.4, 0.5) is 0 Å². The molecule has 4 nitrogen and oxygen atoms in total. The molecule has 0 saturated heterocycles. The topological polar surface area (TPSA) is 53.6 Å². The fourth-order valence-corrected chi connectivity index (χ4v) is 1.76. The number of rotatable bonds is 5. The van der Waals surface area contributed by atoms with Gasteiger partial charge in [-0.2, -0.15) is 10.4 Å². The van der Waals surface area contributed by atoms with Crippen LogP contribution in [0.25, 0.3) is 0 Å². The summed E-state index contributed by atoms with van der Waals surface area (Å²) in [6.45, 7) is 4.86. The van der Waals surface area contributed by atoms with Crippen molar-refractivity contribution in [3.05, 3.63) is 16.0 Å². The van der Waals surface area contributed by atoms with E-state index in [0.717, 1.165) is 16.5 Å². The normalized spacial score (nSPS) is 12.7. The first-order valence-electron chi connectivity index (χ1n) is 4.95. The predicted molar refractivity (Wildman–Crippen MR) is 67.2 cm³/mol. The number of halogens is 1. The molecule has 5 heteroatoms. The molecule has 0 spiro atoms. The monoisotopic (exact) mass is 318 g/mol. The van der Waals surface area contributed by atoms with Gasteiger partial charge < -0.3 is 0 Å². The van der Waals surface area contributed by atoms with E-state index < -0.39 is 0 Å². The Morgan fingerprint density at radius 1 is 1.67 bits per heavy atom. The number of hydrogen-bond donors (Lipinski definition) is 1. The van der Waals surface area contributed by atoms with Gasteiger partial charge in [0, 0.05) is 18.8 Å². The molecule has 0 saturated carbocycles. The highest BCUT2D eigenvalue weighted by molar-refractivity contribution is 14.1. The zero-order valence-electron chi connectivity index (χ0n) is 8.94. The Kier molecular flexibility index (Phi) is 5.05. The number of nitriles is 1. The van der Waals surface area contributed by atoms with Crippen LogP contribution in [-0.4, -0.2) is 21.9 Å². The SMILES string of the molecule is CC(C)NC(C#N)CCn1cc(I)cn1. The predicted octanol–water partition coefficient (Wildman–Crippen LogP) is 1.77. The van der Waals surface area contributed by atoms with E-state index in [1.165, 1.54) is 0 Å². The smallest absolute Gasteiger partial charge is 0.0972 e. The van der Waals surface area contributed by atoms with Gasteiger partial charge in [0.15, 0.2) is 0 Å². The van der Waals surface area contributed by atoms with Gasteiger partial charge in [-0.05, 0) is 42.9 Å². The van der Waals surface area contributed by atoms with Crippen molar-refractivity contribution in [2.75, 3.05) is 0 Å². The summed E-state index contributed by atoms with van der Waals surface area (Å²) >= 11 is 2.22. The zero-order chi connectivity index (χ0) is 11.3. The largest absolute Gasteiger partial charge is 0.300 e. The van der Waals surface area contributed by atoms with Crippen molar-refractivity contribution < 1.29 is 0 Å². The van der Waals surface area contributed by atoms with Crippen molar-refractivity contribution in [1.82, 2.24) is 15.1 Å². The molecule has 1 N–H and O–H groups in total. The van der Waals surface area contributed by atoms with Crippen LogP contribution in [0.1, 0.15) is 20.3 Å². The molecule has 0 aliphatic carbocycles. The third-order valence-electron chi connectivity index (χ3n) is 1.94. The number of nitrogens with one attached hydrogen (secondary N) is 1. The van der Waals surface area contributed by atoms with Gasteiger partial charge in [0.1, 0.15) is 0 Å². The lowest BCUT2D eigenvalue weighted by molar-refractivity contribution is 0.461. The van der Waals surface area contributed by atoms with E-state index in [4.69, 9.17) is 5.26 Å². The Morgan fingerprint density at radius 3 is 2.87 bits per heavy atom. The second kappa shape index (κ2) is 6.08. The zero-order valence-corrected chi connectivity index (χ0v) is 11.1. The number of nitrogens with zero attached hydrogens (tertiary/aromatic N) is 3. The minimum Gasteiger partial charge on any atom is -0.300 e. The second-order valence-electron chi connectivity index (χ2n) is 3.71. The molecule has 0 aliphatic heterocycles. The van der Waals surface area contributed by atoms with E-state index in [-0.39, 0.29) is 6.04 Å². The van der Waals surface area contributed by atoms with E-state index >= 15 is 0 Å². The van der Waals surface area contributed by atoms with Crippen LogP contribution in [-0.2, 0) is 6.54 Å². The number of aromatic nitrogens is 2. The van der Waals surface area contributed by atoms with Gasteiger partial charge >= 0.3 is 0 Å². The quantitative estimate of drug-likeness (QED) is 0.842. The Hall–Kier alpha value is -0.610. The molecule has 0 radical (unpaired) electrons. The summed E-state index contributed by atoms with van der Waals surface area (Å²) in [6.07, 6.45) is 4.58. The minimum absolute atomic E-state index is 0.0909. The van der Waals surface area contributed by atoms with Crippen LogP contribution < -0.4 is 5.32 Å². The van der Waals surface area contributed by atoms with Gasteiger partial charge in [-0.15, -0.1) is 0 Å². The molecular formula is C10H15IN4. The summed E-state index contributed by atoms with van der Waals surface area (Å²) in [5, 5.41) is 16.3.